The van der Waals surface area contributed by atoms with Crippen LogP contribution < -0.4 is 9.47 Å². The summed E-state index contributed by atoms with van der Waals surface area (Å²) in [5.41, 5.74) is 0.100. The minimum atomic E-state index is -0.795. The van der Waals surface area contributed by atoms with Crippen LogP contribution >= 0.6 is 0 Å². The molecule has 0 aliphatic carbocycles. The van der Waals surface area contributed by atoms with E-state index in [9.17, 15) is 9.59 Å². The number of carbonyl (C=O) groups is 2. The largest absolute Gasteiger partial charge is 0.493 e. The Morgan fingerprint density at radius 1 is 1.21 bits per heavy atom. The molecule has 19 heavy (non-hydrogen) atoms. The molecule has 0 radical (unpaired) electrons. The molecule has 5 heteroatoms. The van der Waals surface area contributed by atoms with E-state index in [0.717, 1.165) is 5.56 Å². The van der Waals surface area contributed by atoms with Crippen LogP contribution in [0.3, 0.4) is 0 Å². The number of hydrogen-bond acceptors (Lipinski definition) is 5. The van der Waals surface area contributed by atoms with Gasteiger partial charge in [0.1, 0.15) is 0 Å². The maximum Gasteiger partial charge on any atom is 0.320 e. The molecule has 0 N–H and O–H groups in total. The molecule has 0 saturated carbocycles. The van der Waals surface area contributed by atoms with Crippen molar-refractivity contribution in [2.45, 2.75) is 19.8 Å². The number of cyclic esters (lactones) is 2. The molecule has 0 amide bonds. The van der Waals surface area contributed by atoms with Gasteiger partial charge in [0.2, 0.25) is 0 Å². The number of hydrogen-bond donors (Lipinski definition) is 0. The molecular weight excluding hydrogens is 248 g/mol. The van der Waals surface area contributed by atoms with Gasteiger partial charge in [-0.1, -0.05) is 6.07 Å². The summed E-state index contributed by atoms with van der Waals surface area (Å²) in [7, 11) is 3.11. The Bertz CT molecular complexity index is 523. The standard InChI is InChI=1S/C14H16O5/c1-14(8-12(15)19-13(14)16)7-9-4-5-10(17-2)11(6-9)18-3/h4-6H,7-8H2,1-3H3/t14-/m0/s1. The van der Waals surface area contributed by atoms with Crippen molar-refractivity contribution >= 4 is 11.9 Å². The maximum absolute atomic E-state index is 11.7. The van der Waals surface area contributed by atoms with Gasteiger partial charge in [-0.05, 0) is 31.0 Å². The fourth-order valence-electron chi connectivity index (χ4n) is 2.23. The summed E-state index contributed by atoms with van der Waals surface area (Å²) in [6.45, 7) is 1.73. The Hall–Kier alpha value is -2.04. The summed E-state index contributed by atoms with van der Waals surface area (Å²) in [4.78, 5) is 22.9. The fraction of sp³-hybridized carbons (Fsp3) is 0.429. The number of carbonyl (C=O) groups excluding carboxylic acids is 2. The van der Waals surface area contributed by atoms with Gasteiger partial charge in [-0.3, -0.25) is 9.59 Å². The van der Waals surface area contributed by atoms with Crippen molar-refractivity contribution < 1.29 is 23.8 Å². The highest BCUT2D eigenvalue weighted by Crippen LogP contribution is 2.36. The molecule has 1 saturated heterocycles. The van der Waals surface area contributed by atoms with E-state index < -0.39 is 17.4 Å². The molecule has 1 aromatic carbocycles. The van der Waals surface area contributed by atoms with Gasteiger partial charge in [0, 0.05) is 0 Å². The summed E-state index contributed by atoms with van der Waals surface area (Å²) >= 11 is 0. The number of esters is 2. The smallest absolute Gasteiger partial charge is 0.320 e. The zero-order chi connectivity index (χ0) is 14.0. The Morgan fingerprint density at radius 3 is 2.42 bits per heavy atom. The first-order valence-corrected chi connectivity index (χ1v) is 5.94. The third-order valence-electron chi connectivity index (χ3n) is 3.28. The summed E-state index contributed by atoms with van der Waals surface area (Å²) in [5.74, 6) is 0.294. The van der Waals surface area contributed by atoms with Crippen LogP contribution in [0.5, 0.6) is 11.5 Å². The highest BCUT2D eigenvalue weighted by Gasteiger charge is 2.45. The molecule has 1 aliphatic rings. The van der Waals surface area contributed by atoms with Gasteiger partial charge >= 0.3 is 11.9 Å². The van der Waals surface area contributed by atoms with Crippen molar-refractivity contribution in [3.8, 4) is 11.5 Å². The fourth-order valence-corrected chi connectivity index (χ4v) is 2.23. The molecule has 1 fully saturated rings. The quantitative estimate of drug-likeness (QED) is 0.612. The monoisotopic (exact) mass is 264 g/mol. The minimum Gasteiger partial charge on any atom is -0.493 e. The average molecular weight is 264 g/mol. The highest BCUT2D eigenvalue weighted by atomic mass is 16.6. The van der Waals surface area contributed by atoms with E-state index in [2.05, 4.69) is 4.74 Å². The molecule has 1 aliphatic heterocycles. The normalized spacial score (nSPS) is 22.3. The second-order valence-electron chi connectivity index (χ2n) is 4.87. The summed E-state index contributed by atoms with van der Waals surface area (Å²) in [6.07, 6.45) is 0.540. The molecule has 0 aromatic heterocycles. The van der Waals surface area contributed by atoms with Gasteiger partial charge < -0.3 is 14.2 Å². The molecule has 0 unspecified atom stereocenters. The lowest BCUT2D eigenvalue weighted by Gasteiger charge is -2.18. The first kappa shape index (κ1) is 13.4. The molecule has 0 spiro atoms. The van der Waals surface area contributed by atoms with E-state index >= 15 is 0 Å². The van der Waals surface area contributed by atoms with Crippen molar-refractivity contribution in [1.82, 2.24) is 0 Å². The third kappa shape index (κ3) is 2.54. The van der Waals surface area contributed by atoms with Crippen LogP contribution in [0.1, 0.15) is 18.9 Å². The van der Waals surface area contributed by atoms with E-state index in [1.165, 1.54) is 0 Å². The maximum atomic E-state index is 11.7. The number of rotatable bonds is 4. The number of benzene rings is 1. The molecular formula is C14H16O5. The zero-order valence-electron chi connectivity index (χ0n) is 11.2. The van der Waals surface area contributed by atoms with E-state index in [1.54, 1.807) is 33.3 Å². The number of methoxy groups -OCH3 is 2. The summed E-state index contributed by atoms with van der Waals surface area (Å²) in [5, 5.41) is 0. The van der Waals surface area contributed by atoms with Gasteiger partial charge in [0.05, 0.1) is 26.1 Å². The average Bonchev–Trinajstić information content (AvgIpc) is 2.62. The highest BCUT2D eigenvalue weighted by molar-refractivity contribution is 5.97. The lowest BCUT2D eigenvalue weighted by atomic mass is 9.82. The van der Waals surface area contributed by atoms with Crippen molar-refractivity contribution in [3.05, 3.63) is 23.8 Å². The predicted molar refractivity (Wildman–Crippen MR) is 67.1 cm³/mol. The van der Waals surface area contributed by atoms with Crippen LogP contribution in [-0.2, 0) is 20.7 Å². The van der Waals surface area contributed by atoms with Gasteiger partial charge in [0.25, 0.3) is 0 Å². The zero-order valence-corrected chi connectivity index (χ0v) is 11.2. The first-order valence-electron chi connectivity index (χ1n) is 5.94. The van der Waals surface area contributed by atoms with Gasteiger partial charge in [0.15, 0.2) is 11.5 Å². The van der Waals surface area contributed by atoms with Crippen molar-refractivity contribution in [2.24, 2.45) is 5.41 Å². The molecule has 1 atom stereocenters. The van der Waals surface area contributed by atoms with E-state index in [4.69, 9.17) is 9.47 Å². The van der Waals surface area contributed by atoms with Gasteiger partial charge in [-0.2, -0.15) is 0 Å². The Labute approximate surface area is 111 Å². The van der Waals surface area contributed by atoms with Crippen LogP contribution in [0.2, 0.25) is 0 Å². The number of ether oxygens (including phenoxy) is 3. The molecule has 2 rings (SSSR count). The summed E-state index contributed by atoms with van der Waals surface area (Å²) < 4.78 is 15.0. The molecule has 5 nitrogen and oxygen atoms in total. The summed E-state index contributed by atoms with van der Waals surface area (Å²) in [6, 6.07) is 5.43. The Kier molecular flexibility index (Phi) is 3.46. The molecule has 102 valence electrons. The Morgan fingerprint density at radius 2 is 1.89 bits per heavy atom. The first-order chi connectivity index (χ1) is 8.98. The molecule has 1 aromatic rings. The lowest BCUT2D eigenvalue weighted by molar-refractivity contribution is -0.154. The third-order valence-corrected chi connectivity index (χ3v) is 3.28. The van der Waals surface area contributed by atoms with Gasteiger partial charge in [-0.15, -0.1) is 0 Å². The van der Waals surface area contributed by atoms with Crippen LogP contribution in [0.4, 0.5) is 0 Å². The Balaban J connectivity index is 2.24. The topological polar surface area (TPSA) is 61.8 Å². The van der Waals surface area contributed by atoms with E-state index in [0.29, 0.717) is 17.9 Å². The molecule has 1 heterocycles. The van der Waals surface area contributed by atoms with Crippen molar-refractivity contribution in [1.29, 1.82) is 0 Å². The minimum absolute atomic E-state index is 0.111. The van der Waals surface area contributed by atoms with Gasteiger partial charge in [-0.25, -0.2) is 0 Å². The van der Waals surface area contributed by atoms with E-state index in [1.807, 2.05) is 6.07 Å². The predicted octanol–water partition coefficient (Wildman–Crippen LogP) is 1.73. The second-order valence-corrected chi connectivity index (χ2v) is 4.87. The SMILES string of the molecule is COc1ccc(C[C@@]2(C)CC(=O)OC2=O)cc1OC. The van der Waals surface area contributed by atoms with Crippen LogP contribution in [-0.4, -0.2) is 26.2 Å². The van der Waals surface area contributed by atoms with Crippen molar-refractivity contribution in [2.75, 3.05) is 14.2 Å². The van der Waals surface area contributed by atoms with E-state index in [-0.39, 0.29) is 6.42 Å². The van der Waals surface area contributed by atoms with Crippen LogP contribution in [0, 0.1) is 5.41 Å². The van der Waals surface area contributed by atoms with Crippen LogP contribution in [0.15, 0.2) is 18.2 Å². The molecule has 0 bridgehead atoms. The second kappa shape index (κ2) is 4.91. The lowest BCUT2D eigenvalue weighted by Crippen LogP contribution is -2.25. The van der Waals surface area contributed by atoms with Crippen LogP contribution in [0.25, 0.3) is 0 Å². The van der Waals surface area contributed by atoms with Crippen molar-refractivity contribution in [3.63, 3.8) is 0 Å².